The molecule has 0 saturated carbocycles. The molecule has 0 aliphatic carbocycles. The summed E-state index contributed by atoms with van der Waals surface area (Å²) < 4.78 is 40.1. The van der Waals surface area contributed by atoms with Gasteiger partial charge in [0.05, 0.1) is 6.54 Å². The zero-order chi connectivity index (χ0) is 19.3. The predicted octanol–water partition coefficient (Wildman–Crippen LogP) is 1.61. The average Bonchev–Trinajstić information content (AvgIpc) is 2.55. The molecule has 0 bridgehead atoms. The van der Waals surface area contributed by atoms with Gasteiger partial charge in [0.2, 0.25) is 5.91 Å². The zero-order valence-electron chi connectivity index (χ0n) is 14.1. The number of nitrogens with one attached hydrogen (secondary N) is 1. The van der Waals surface area contributed by atoms with E-state index in [4.69, 9.17) is 5.11 Å². The van der Waals surface area contributed by atoms with Gasteiger partial charge in [-0.25, -0.2) is 0 Å². The summed E-state index contributed by atoms with van der Waals surface area (Å²) in [5, 5.41) is 11.6. The number of hydrogen-bond acceptors (Lipinski definition) is 5. The first-order valence-electron chi connectivity index (χ1n) is 7.99. The summed E-state index contributed by atoms with van der Waals surface area (Å²) in [6, 6.07) is 4.32. The minimum Gasteiger partial charge on any atom is -0.480 e. The van der Waals surface area contributed by atoms with E-state index in [1.807, 2.05) is 9.80 Å². The number of amides is 1. The quantitative estimate of drug-likeness (QED) is 0.786. The standard InChI is InChI=1S/C16H20F3N3O4/c1-11(15(24)25)22-8-6-21(7-9-22)10-14(23)20-12-2-4-13(5-3-12)26-16(17,18)19/h2-5,11H,6-10H2,1H3,(H,20,23)(H,24,25). The molecule has 1 aromatic rings. The fraction of sp³-hybridized carbons (Fsp3) is 0.500. The number of rotatable bonds is 6. The van der Waals surface area contributed by atoms with Crippen molar-refractivity contribution in [1.29, 1.82) is 0 Å². The SMILES string of the molecule is CC(C(=O)O)N1CCN(CC(=O)Nc2ccc(OC(F)(F)F)cc2)CC1. The number of alkyl halides is 3. The minimum atomic E-state index is -4.76. The molecule has 10 heteroatoms. The van der Waals surface area contributed by atoms with Crippen LogP contribution in [0.15, 0.2) is 24.3 Å². The zero-order valence-corrected chi connectivity index (χ0v) is 14.1. The highest BCUT2D eigenvalue weighted by Gasteiger charge is 2.31. The Bertz CT molecular complexity index is 629. The van der Waals surface area contributed by atoms with Gasteiger partial charge in [-0.1, -0.05) is 0 Å². The molecule has 2 N–H and O–H groups in total. The Balaban J connectivity index is 1.78. The van der Waals surface area contributed by atoms with Crippen molar-refractivity contribution in [3.8, 4) is 5.75 Å². The molecule has 0 aromatic heterocycles. The lowest BCUT2D eigenvalue weighted by Crippen LogP contribution is -2.52. The molecule has 7 nitrogen and oxygen atoms in total. The van der Waals surface area contributed by atoms with Gasteiger partial charge in [0, 0.05) is 31.9 Å². The van der Waals surface area contributed by atoms with Crippen LogP contribution in [0.4, 0.5) is 18.9 Å². The fourth-order valence-electron chi connectivity index (χ4n) is 2.61. The van der Waals surface area contributed by atoms with Crippen molar-refractivity contribution < 1.29 is 32.6 Å². The highest BCUT2D eigenvalue weighted by Crippen LogP contribution is 2.23. The molecule has 1 fully saturated rings. The third kappa shape index (κ3) is 6.19. The second-order valence-electron chi connectivity index (χ2n) is 5.95. The van der Waals surface area contributed by atoms with Crippen LogP contribution >= 0.6 is 0 Å². The highest BCUT2D eigenvalue weighted by atomic mass is 19.4. The fourth-order valence-corrected chi connectivity index (χ4v) is 2.61. The van der Waals surface area contributed by atoms with Crippen LogP contribution < -0.4 is 10.1 Å². The van der Waals surface area contributed by atoms with Crippen LogP contribution in [0.5, 0.6) is 5.75 Å². The molecule has 1 aliphatic rings. The van der Waals surface area contributed by atoms with Crippen LogP contribution in [0.2, 0.25) is 0 Å². The number of halogens is 3. The molecule has 0 spiro atoms. The molecule has 1 heterocycles. The maximum Gasteiger partial charge on any atom is 0.573 e. The van der Waals surface area contributed by atoms with Gasteiger partial charge in [0.15, 0.2) is 0 Å². The summed E-state index contributed by atoms with van der Waals surface area (Å²) >= 11 is 0. The number of carboxylic acid groups (broad SMARTS) is 1. The van der Waals surface area contributed by atoms with Crippen LogP contribution in [0, 0.1) is 0 Å². The number of anilines is 1. The molecule has 1 aromatic carbocycles. The molecule has 26 heavy (non-hydrogen) atoms. The normalized spacial score (nSPS) is 17.5. The van der Waals surface area contributed by atoms with Crippen molar-refractivity contribution in [2.24, 2.45) is 0 Å². The third-order valence-corrected chi connectivity index (χ3v) is 4.05. The molecule has 0 radical (unpaired) electrons. The van der Waals surface area contributed by atoms with E-state index in [0.29, 0.717) is 31.9 Å². The van der Waals surface area contributed by atoms with Gasteiger partial charge in [-0.05, 0) is 31.2 Å². The van der Waals surface area contributed by atoms with Crippen LogP contribution in [0.3, 0.4) is 0 Å². The second kappa shape index (κ2) is 8.37. The monoisotopic (exact) mass is 375 g/mol. The summed E-state index contributed by atoms with van der Waals surface area (Å²) in [6.07, 6.45) is -4.76. The average molecular weight is 375 g/mol. The van der Waals surface area contributed by atoms with E-state index >= 15 is 0 Å². The lowest BCUT2D eigenvalue weighted by molar-refractivity contribution is -0.274. The van der Waals surface area contributed by atoms with Gasteiger partial charge in [-0.15, -0.1) is 13.2 Å². The Morgan fingerprint density at radius 1 is 1.19 bits per heavy atom. The number of nitrogens with zero attached hydrogens (tertiary/aromatic N) is 2. The van der Waals surface area contributed by atoms with Gasteiger partial charge >= 0.3 is 12.3 Å². The van der Waals surface area contributed by atoms with Crippen LogP contribution in [0.25, 0.3) is 0 Å². The molecule has 1 unspecified atom stereocenters. The first-order chi connectivity index (χ1) is 12.1. The van der Waals surface area contributed by atoms with Gasteiger partial charge in [0.25, 0.3) is 0 Å². The van der Waals surface area contributed by atoms with Crippen molar-refractivity contribution in [2.75, 3.05) is 38.0 Å². The van der Waals surface area contributed by atoms with E-state index in [9.17, 15) is 22.8 Å². The second-order valence-corrected chi connectivity index (χ2v) is 5.95. The Morgan fingerprint density at radius 2 is 1.77 bits per heavy atom. The number of piperazine rings is 1. The Hall–Kier alpha value is -2.33. The number of carbonyl (C=O) groups is 2. The van der Waals surface area contributed by atoms with Crippen molar-refractivity contribution >= 4 is 17.6 Å². The van der Waals surface area contributed by atoms with Gasteiger partial charge in [-0.2, -0.15) is 0 Å². The lowest BCUT2D eigenvalue weighted by Gasteiger charge is -2.36. The first kappa shape index (κ1) is 20.0. The smallest absolute Gasteiger partial charge is 0.480 e. The van der Waals surface area contributed by atoms with Gasteiger partial charge in [-0.3, -0.25) is 19.4 Å². The van der Waals surface area contributed by atoms with Gasteiger partial charge in [0.1, 0.15) is 11.8 Å². The summed E-state index contributed by atoms with van der Waals surface area (Å²) in [5.41, 5.74) is 0.364. The summed E-state index contributed by atoms with van der Waals surface area (Å²) in [5.74, 6) is -1.54. The van der Waals surface area contributed by atoms with Crippen molar-refractivity contribution in [1.82, 2.24) is 9.80 Å². The van der Waals surface area contributed by atoms with Gasteiger partial charge < -0.3 is 15.2 Å². The highest BCUT2D eigenvalue weighted by molar-refractivity contribution is 5.92. The van der Waals surface area contributed by atoms with Crippen LogP contribution in [0.1, 0.15) is 6.92 Å². The maximum atomic E-state index is 12.1. The summed E-state index contributed by atoms with van der Waals surface area (Å²) in [6.45, 7) is 3.95. The van der Waals surface area contributed by atoms with E-state index < -0.39 is 18.4 Å². The number of aliphatic carboxylic acids is 1. The number of carboxylic acids is 1. The van der Waals surface area contributed by atoms with Crippen molar-refractivity contribution in [2.45, 2.75) is 19.3 Å². The molecule has 144 valence electrons. The third-order valence-electron chi connectivity index (χ3n) is 4.05. The predicted molar refractivity (Wildman–Crippen MR) is 86.9 cm³/mol. The van der Waals surface area contributed by atoms with E-state index in [0.717, 1.165) is 12.1 Å². The molecule has 1 aliphatic heterocycles. The Morgan fingerprint density at radius 3 is 2.27 bits per heavy atom. The Kier molecular flexibility index (Phi) is 6.43. The molecule has 2 rings (SSSR count). The number of carbonyl (C=O) groups excluding carboxylic acids is 1. The van der Waals surface area contributed by atoms with E-state index in [1.54, 1.807) is 6.92 Å². The van der Waals surface area contributed by atoms with E-state index in [1.165, 1.54) is 12.1 Å². The van der Waals surface area contributed by atoms with Crippen LogP contribution in [-0.4, -0.2) is 71.9 Å². The summed E-state index contributed by atoms with van der Waals surface area (Å²) in [4.78, 5) is 26.7. The number of ether oxygens (including phenoxy) is 1. The topological polar surface area (TPSA) is 82.1 Å². The molecule has 1 atom stereocenters. The molecular formula is C16H20F3N3O4. The van der Waals surface area contributed by atoms with E-state index in [-0.39, 0.29) is 18.2 Å². The van der Waals surface area contributed by atoms with Crippen LogP contribution in [-0.2, 0) is 9.59 Å². The molecular weight excluding hydrogens is 355 g/mol. The first-order valence-corrected chi connectivity index (χ1v) is 7.99. The summed E-state index contributed by atoms with van der Waals surface area (Å²) in [7, 11) is 0. The largest absolute Gasteiger partial charge is 0.573 e. The number of benzene rings is 1. The molecule has 1 saturated heterocycles. The van der Waals surface area contributed by atoms with E-state index in [2.05, 4.69) is 10.1 Å². The molecule has 1 amide bonds. The van der Waals surface area contributed by atoms with Crippen molar-refractivity contribution in [3.05, 3.63) is 24.3 Å². The Labute approximate surface area is 148 Å². The lowest BCUT2D eigenvalue weighted by atomic mass is 10.2. The van der Waals surface area contributed by atoms with Crippen molar-refractivity contribution in [3.63, 3.8) is 0 Å². The minimum absolute atomic E-state index is 0.121. The maximum absolute atomic E-state index is 12.1. The number of hydrogen-bond donors (Lipinski definition) is 2.